The number of thioether (sulfide) groups is 1. The predicted octanol–water partition coefficient (Wildman–Crippen LogP) is 0.930. The number of amides is 3. The quantitative estimate of drug-likeness (QED) is 0.666. The molecule has 0 spiro atoms. The minimum atomic E-state index is -0.992. The van der Waals surface area contributed by atoms with Gasteiger partial charge in [-0.05, 0) is 25.1 Å². The van der Waals surface area contributed by atoms with Crippen LogP contribution in [-0.4, -0.2) is 41.0 Å². The van der Waals surface area contributed by atoms with Crippen LogP contribution in [0.3, 0.4) is 0 Å². The number of hydrogen-bond donors (Lipinski definition) is 1. The summed E-state index contributed by atoms with van der Waals surface area (Å²) in [5, 5.41) is 2.13. The van der Waals surface area contributed by atoms with Gasteiger partial charge in [0.1, 0.15) is 12.6 Å². The second kappa shape index (κ2) is 6.21. The van der Waals surface area contributed by atoms with Gasteiger partial charge in [-0.25, -0.2) is 8.78 Å². The Labute approximate surface area is 123 Å². The standard InChI is InChI=1S/C13H12F2N2O3S/c1-7-13(20)16-11(18)5-17(7)12(19)6-21-8-2-3-9(14)10(15)4-8/h2-4,7H,5-6H2,1H3,(H,16,18,20). The Balaban J connectivity index is 1.99. The van der Waals surface area contributed by atoms with Crippen LogP contribution in [0.1, 0.15) is 6.92 Å². The molecule has 1 aromatic carbocycles. The van der Waals surface area contributed by atoms with Crippen molar-refractivity contribution in [3.8, 4) is 0 Å². The molecule has 1 aliphatic rings. The van der Waals surface area contributed by atoms with Gasteiger partial charge in [-0.3, -0.25) is 19.7 Å². The van der Waals surface area contributed by atoms with Gasteiger partial charge in [0.05, 0.1) is 5.75 Å². The average molecular weight is 314 g/mol. The lowest BCUT2D eigenvalue weighted by Gasteiger charge is -2.31. The third kappa shape index (κ3) is 3.57. The maximum Gasteiger partial charge on any atom is 0.249 e. The second-order valence-corrected chi connectivity index (χ2v) is 5.52. The largest absolute Gasteiger partial charge is 0.321 e. The van der Waals surface area contributed by atoms with E-state index in [1.54, 1.807) is 0 Å². The first-order valence-corrected chi connectivity index (χ1v) is 7.08. The Hall–Kier alpha value is -1.96. The van der Waals surface area contributed by atoms with Gasteiger partial charge in [-0.15, -0.1) is 11.8 Å². The first kappa shape index (κ1) is 15.4. The third-order valence-corrected chi connectivity index (χ3v) is 3.98. The van der Waals surface area contributed by atoms with Gasteiger partial charge >= 0.3 is 0 Å². The summed E-state index contributed by atoms with van der Waals surface area (Å²) in [6.45, 7) is 1.33. The first-order valence-electron chi connectivity index (χ1n) is 6.09. The summed E-state index contributed by atoms with van der Waals surface area (Å²) in [6, 6.07) is 2.59. The van der Waals surface area contributed by atoms with Crippen molar-refractivity contribution in [2.24, 2.45) is 0 Å². The van der Waals surface area contributed by atoms with Gasteiger partial charge < -0.3 is 4.90 Å². The van der Waals surface area contributed by atoms with E-state index < -0.39 is 35.4 Å². The Morgan fingerprint density at radius 2 is 2.10 bits per heavy atom. The maximum absolute atomic E-state index is 13.0. The fourth-order valence-corrected chi connectivity index (χ4v) is 2.62. The van der Waals surface area contributed by atoms with Crippen LogP contribution in [0.4, 0.5) is 8.78 Å². The molecule has 112 valence electrons. The van der Waals surface area contributed by atoms with Crippen LogP contribution in [0.5, 0.6) is 0 Å². The van der Waals surface area contributed by atoms with Crippen molar-refractivity contribution < 1.29 is 23.2 Å². The average Bonchev–Trinajstić information content (AvgIpc) is 2.43. The van der Waals surface area contributed by atoms with E-state index in [1.165, 1.54) is 13.0 Å². The molecule has 8 heteroatoms. The number of piperazine rings is 1. The van der Waals surface area contributed by atoms with Gasteiger partial charge in [-0.2, -0.15) is 0 Å². The molecule has 0 aliphatic carbocycles. The lowest BCUT2D eigenvalue weighted by Crippen LogP contribution is -2.59. The summed E-state index contributed by atoms with van der Waals surface area (Å²) in [4.78, 5) is 36.3. The topological polar surface area (TPSA) is 66.5 Å². The normalized spacial score (nSPS) is 18.6. The SMILES string of the molecule is CC1C(=O)NC(=O)CN1C(=O)CSc1ccc(F)c(F)c1. The zero-order valence-electron chi connectivity index (χ0n) is 11.1. The van der Waals surface area contributed by atoms with Crippen LogP contribution < -0.4 is 5.32 Å². The number of nitrogens with one attached hydrogen (secondary N) is 1. The Bertz CT molecular complexity index is 609. The molecule has 1 N–H and O–H groups in total. The lowest BCUT2D eigenvalue weighted by atomic mass is 10.2. The third-order valence-electron chi connectivity index (χ3n) is 3.00. The van der Waals surface area contributed by atoms with Crippen LogP contribution in [0.25, 0.3) is 0 Å². The van der Waals surface area contributed by atoms with Crippen molar-refractivity contribution in [2.45, 2.75) is 17.9 Å². The summed E-state index contributed by atoms with van der Waals surface area (Å²) < 4.78 is 25.8. The minimum absolute atomic E-state index is 0.0734. The lowest BCUT2D eigenvalue weighted by molar-refractivity contribution is -0.148. The monoisotopic (exact) mass is 314 g/mol. The highest BCUT2D eigenvalue weighted by molar-refractivity contribution is 8.00. The number of nitrogens with zero attached hydrogens (tertiary/aromatic N) is 1. The number of carbonyl (C=O) groups excluding carboxylic acids is 3. The fraction of sp³-hybridized carbons (Fsp3) is 0.308. The van der Waals surface area contributed by atoms with Crippen LogP contribution >= 0.6 is 11.8 Å². The molecule has 0 bridgehead atoms. The molecule has 21 heavy (non-hydrogen) atoms. The van der Waals surface area contributed by atoms with E-state index in [0.717, 1.165) is 28.8 Å². The second-order valence-electron chi connectivity index (χ2n) is 4.47. The molecule has 1 fully saturated rings. The number of hydrogen-bond acceptors (Lipinski definition) is 4. The van der Waals surface area contributed by atoms with Gasteiger partial charge in [0.25, 0.3) is 0 Å². The summed E-state index contributed by atoms with van der Waals surface area (Å²) >= 11 is 1.01. The summed E-state index contributed by atoms with van der Waals surface area (Å²) in [5.74, 6) is -3.51. The van der Waals surface area contributed by atoms with Crippen LogP contribution in [0, 0.1) is 11.6 Å². The van der Waals surface area contributed by atoms with Crippen LogP contribution in [0.2, 0.25) is 0 Å². The van der Waals surface area contributed by atoms with Gasteiger partial charge in [0.15, 0.2) is 11.6 Å². The smallest absolute Gasteiger partial charge is 0.249 e. The minimum Gasteiger partial charge on any atom is -0.321 e. The molecule has 1 saturated heterocycles. The number of halogens is 2. The Morgan fingerprint density at radius 1 is 1.38 bits per heavy atom. The van der Waals surface area contributed by atoms with E-state index in [9.17, 15) is 23.2 Å². The molecule has 1 atom stereocenters. The molecule has 0 radical (unpaired) electrons. The van der Waals surface area contributed by atoms with E-state index in [1.807, 2.05) is 0 Å². The molecular formula is C13H12F2N2O3S. The van der Waals surface area contributed by atoms with Crippen molar-refractivity contribution >= 4 is 29.5 Å². The van der Waals surface area contributed by atoms with Gasteiger partial charge in [-0.1, -0.05) is 0 Å². The van der Waals surface area contributed by atoms with Gasteiger partial charge in [0, 0.05) is 4.90 Å². The molecule has 0 aromatic heterocycles. The zero-order valence-corrected chi connectivity index (χ0v) is 11.9. The van der Waals surface area contributed by atoms with Crippen molar-refractivity contribution in [3.63, 3.8) is 0 Å². The molecule has 1 unspecified atom stereocenters. The van der Waals surface area contributed by atoms with E-state index >= 15 is 0 Å². The number of rotatable bonds is 3. The molecule has 1 heterocycles. The van der Waals surface area contributed by atoms with Crippen LogP contribution in [-0.2, 0) is 14.4 Å². The van der Waals surface area contributed by atoms with Crippen molar-refractivity contribution in [3.05, 3.63) is 29.8 Å². The molecular weight excluding hydrogens is 302 g/mol. The first-order chi connectivity index (χ1) is 9.88. The Kier molecular flexibility index (Phi) is 4.56. The van der Waals surface area contributed by atoms with Gasteiger partial charge in [0.2, 0.25) is 17.7 Å². The van der Waals surface area contributed by atoms with E-state index in [0.29, 0.717) is 4.90 Å². The van der Waals surface area contributed by atoms with Crippen molar-refractivity contribution in [1.82, 2.24) is 10.2 Å². The highest BCUT2D eigenvalue weighted by Gasteiger charge is 2.33. The highest BCUT2D eigenvalue weighted by atomic mass is 32.2. The summed E-state index contributed by atoms with van der Waals surface area (Å²) in [5.41, 5.74) is 0. The van der Waals surface area contributed by atoms with E-state index in [4.69, 9.17) is 0 Å². The predicted molar refractivity (Wildman–Crippen MR) is 71.4 cm³/mol. The zero-order chi connectivity index (χ0) is 15.6. The molecule has 0 saturated carbocycles. The summed E-state index contributed by atoms with van der Waals surface area (Å²) in [6.07, 6.45) is 0. The number of imide groups is 1. The maximum atomic E-state index is 13.0. The number of carbonyl (C=O) groups is 3. The van der Waals surface area contributed by atoms with Crippen molar-refractivity contribution in [1.29, 1.82) is 0 Å². The molecule has 1 aromatic rings. The van der Waals surface area contributed by atoms with E-state index in [2.05, 4.69) is 5.32 Å². The highest BCUT2D eigenvalue weighted by Crippen LogP contribution is 2.21. The molecule has 1 aliphatic heterocycles. The summed E-state index contributed by atoms with van der Waals surface area (Å²) in [7, 11) is 0. The fourth-order valence-electron chi connectivity index (χ4n) is 1.81. The number of benzene rings is 1. The van der Waals surface area contributed by atoms with E-state index in [-0.39, 0.29) is 12.3 Å². The molecule has 2 rings (SSSR count). The van der Waals surface area contributed by atoms with Crippen LogP contribution in [0.15, 0.2) is 23.1 Å². The van der Waals surface area contributed by atoms with Crippen molar-refractivity contribution in [2.75, 3.05) is 12.3 Å². The Morgan fingerprint density at radius 3 is 2.76 bits per heavy atom. The molecule has 3 amide bonds. The molecule has 5 nitrogen and oxygen atoms in total.